The molecule has 3 rings (SSSR count). The van der Waals surface area contributed by atoms with Gasteiger partial charge in [-0.3, -0.25) is 4.79 Å². The minimum Gasteiger partial charge on any atom is -0.493 e. The van der Waals surface area contributed by atoms with Crippen molar-refractivity contribution in [3.05, 3.63) is 28.8 Å². The number of ether oxygens (including phenoxy) is 2. The van der Waals surface area contributed by atoms with E-state index in [4.69, 9.17) is 9.47 Å². The molecule has 1 aromatic carbocycles. The van der Waals surface area contributed by atoms with Crippen molar-refractivity contribution < 1.29 is 24.2 Å². The van der Waals surface area contributed by atoms with Gasteiger partial charge >= 0.3 is 5.97 Å². The third-order valence-corrected chi connectivity index (χ3v) is 5.35. The highest BCUT2D eigenvalue weighted by atomic mass is 32.1. The fourth-order valence-electron chi connectivity index (χ4n) is 2.49. The van der Waals surface area contributed by atoms with Crippen molar-refractivity contribution in [3.8, 4) is 22.1 Å². The Morgan fingerprint density at radius 2 is 1.92 bits per heavy atom. The molecule has 8 heteroatoms. The molecule has 0 bridgehead atoms. The lowest BCUT2D eigenvalue weighted by molar-refractivity contribution is -0.140. The summed E-state index contributed by atoms with van der Waals surface area (Å²) >= 11 is 1.22. The maximum absolute atomic E-state index is 12.4. The van der Waals surface area contributed by atoms with Gasteiger partial charge in [-0.1, -0.05) is 0 Å². The Hall–Kier alpha value is -2.61. The average molecular weight is 362 g/mol. The molecular weight excluding hydrogens is 344 g/mol. The van der Waals surface area contributed by atoms with Crippen molar-refractivity contribution in [3.63, 3.8) is 0 Å². The van der Waals surface area contributed by atoms with E-state index in [-0.39, 0.29) is 0 Å². The molecule has 0 saturated heterocycles. The number of carboxylic acids is 1. The summed E-state index contributed by atoms with van der Waals surface area (Å²) in [6.07, 6.45) is 0.906. The monoisotopic (exact) mass is 362 g/mol. The van der Waals surface area contributed by atoms with Crippen molar-refractivity contribution in [2.24, 2.45) is 0 Å². The maximum atomic E-state index is 12.4. The molecule has 1 aliphatic rings. The fourth-order valence-corrected chi connectivity index (χ4v) is 3.45. The highest BCUT2D eigenvalue weighted by molar-refractivity contribution is 7.17. The Kier molecular flexibility index (Phi) is 4.38. The van der Waals surface area contributed by atoms with Crippen molar-refractivity contribution in [1.82, 2.24) is 10.3 Å². The van der Waals surface area contributed by atoms with Crippen LogP contribution in [0.25, 0.3) is 10.6 Å². The van der Waals surface area contributed by atoms with Crippen LogP contribution in [0.15, 0.2) is 18.2 Å². The van der Waals surface area contributed by atoms with Crippen LogP contribution in [-0.2, 0) is 4.79 Å². The Labute approximate surface area is 148 Å². The molecule has 1 heterocycles. The number of thiazole rings is 1. The molecule has 2 aromatic rings. The number of aliphatic carboxylic acids is 1. The lowest BCUT2D eigenvalue weighted by Crippen LogP contribution is -2.42. The topological polar surface area (TPSA) is 97.8 Å². The van der Waals surface area contributed by atoms with Gasteiger partial charge in [0.15, 0.2) is 11.5 Å². The van der Waals surface area contributed by atoms with Gasteiger partial charge in [0.25, 0.3) is 5.91 Å². The van der Waals surface area contributed by atoms with Crippen LogP contribution in [0.4, 0.5) is 0 Å². The van der Waals surface area contributed by atoms with E-state index in [1.807, 2.05) is 6.07 Å². The number of carbonyl (C=O) groups is 2. The maximum Gasteiger partial charge on any atom is 0.329 e. The number of carbonyl (C=O) groups excluding carboxylic acids is 1. The van der Waals surface area contributed by atoms with Crippen LogP contribution in [0.1, 0.15) is 28.2 Å². The highest BCUT2D eigenvalue weighted by Crippen LogP contribution is 2.38. The zero-order valence-corrected chi connectivity index (χ0v) is 14.9. The van der Waals surface area contributed by atoms with E-state index >= 15 is 0 Å². The van der Waals surface area contributed by atoms with E-state index in [0.717, 1.165) is 5.56 Å². The third kappa shape index (κ3) is 3.17. The van der Waals surface area contributed by atoms with Crippen LogP contribution in [0.3, 0.4) is 0 Å². The van der Waals surface area contributed by atoms with E-state index in [0.29, 0.717) is 39.9 Å². The molecule has 0 atom stereocenters. The first-order chi connectivity index (χ1) is 11.9. The van der Waals surface area contributed by atoms with Crippen LogP contribution < -0.4 is 14.8 Å². The summed E-state index contributed by atoms with van der Waals surface area (Å²) in [7, 11) is 3.11. The minimum absolute atomic E-state index is 0.401. The zero-order chi connectivity index (χ0) is 18.2. The lowest BCUT2D eigenvalue weighted by Gasteiger charge is -2.11. The molecule has 0 radical (unpaired) electrons. The molecule has 1 saturated carbocycles. The van der Waals surface area contributed by atoms with Crippen molar-refractivity contribution in [1.29, 1.82) is 0 Å². The quantitative estimate of drug-likeness (QED) is 0.819. The summed E-state index contributed by atoms with van der Waals surface area (Å²) in [6, 6.07) is 5.40. The second-order valence-electron chi connectivity index (χ2n) is 5.84. The number of nitrogens with one attached hydrogen (secondary N) is 1. The first kappa shape index (κ1) is 17.2. The van der Waals surface area contributed by atoms with Gasteiger partial charge in [0.1, 0.15) is 15.4 Å². The van der Waals surface area contributed by atoms with Crippen LogP contribution in [0.2, 0.25) is 0 Å². The van der Waals surface area contributed by atoms with Crippen molar-refractivity contribution in [2.45, 2.75) is 25.3 Å². The van der Waals surface area contributed by atoms with E-state index in [9.17, 15) is 14.7 Å². The number of amides is 1. The molecule has 1 fully saturated rings. The lowest BCUT2D eigenvalue weighted by atomic mass is 10.2. The Morgan fingerprint density at radius 1 is 1.24 bits per heavy atom. The summed E-state index contributed by atoms with van der Waals surface area (Å²) in [5.41, 5.74) is 0.245. The van der Waals surface area contributed by atoms with E-state index in [2.05, 4.69) is 10.3 Å². The molecule has 0 spiro atoms. The molecule has 1 amide bonds. The predicted molar refractivity (Wildman–Crippen MR) is 92.5 cm³/mol. The van der Waals surface area contributed by atoms with Gasteiger partial charge in [-0.15, -0.1) is 11.3 Å². The Morgan fingerprint density at radius 3 is 2.48 bits per heavy atom. The van der Waals surface area contributed by atoms with Gasteiger partial charge in [-0.2, -0.15) is 0 Å². The summed E-state index contributed by atoms with van der Waals surface area (Å²) in [6.45, 7) is 1.73. The van der Waals surface area contributed by atoms with Gasteiger partial charge in [-0.05, 0) is 38.0 Å². The first-order valence-electron chi connectivity index (χ1n) is 7.66. The number of rotatable bonds is 6. The van der Waals surface area contributed by atoms with Crippen molar-refractivity contribution >= 4 is 23.2 Å². The number of carboxylic acid groups (broad SMARTS) is 1. The van der Waals surface area contributed by atoms with Crippen LogP contribution in [0, 0.1) is 6.92 Å². The van der Waals surface area contributed by atoms with E-state index < -0.39 is 17.4 Å². The fraction of sp³-hybridized carbons (Fsp3) is 0.353. The van der Waals surface area contributed by atoms with Crippen LogP contribution >= 0.6 is 11.3 Å². The molecule has 132 valence electrons. The van der Waals surface area contributed by atoms with Gasteiger partial charge in [-0.25, -0.2) is 9.78 Å². The molecule has 0 unspecified atom stereocenters. The number of hydrogen-bond donors (Lipinski definition) is 2. The molecule has 2 N–H and O–H groups in total. The second-order valence-corrected chi connectivity index (χ2v) is 6.84. The normalized spacial score (nSPS) is 14.7. The number of nitrogens with zero attached hydrogens (tertiary/aromatic N) is 1. The zero-order valence-electron chi connectivity index (χ0n) is 14.1. The van der Waals surface area contributed by atoms with E-state index in [1.165, 1.54) is 11.3 Å². The van der Waals surface area contributed by atoms with E-state index in [1.54, 1.807) is 33.3 Å². The number of benzene rings is 1. The molecular formula is C17H18N2O5S. The predicted octanol–water partition coefficient (Wildman–Crippen LogP) is 2.48. The molecule has 7 nitrogen and oxygen atoms in total. The number of aromatic nitrogens is 1. The van der Waals surface area contributed by atoms with Gasteiger partial charge in [0.2, 0.25) is 0 Å². The average Bonchev–Trinajstić information content (AvgIpc) is 3.28. The minimum atomic E-state index is -1.11. The summed E-state index contributed by atoms with van der Waals surface area (Å²) in [5.74, 6) is -0.221. The Bertz CT molecular complexity index is 842. The molecule has 1 aliphatic carbocycles. The number of hydrogen-bond acceptors (Lipinski definition) is 6. The smallest absolute Gasteiger partial charge is 0.329 e. The first-order valence-corrected chi connectivity index (χ1v) is 8.47. The van der Waals surface area contributed by atoms with Gasteiger partial charge in [0.05, 0.1) is 19.9 Å². The van der Waals surface area contributed by atoms with Crippen molar-refractivity contribution in [2.75, 3.05) is 14.2 Å². The molecule has 25 heavy (non-hydrogen) atoms. The summed E-state index contributed by atoms with van der Waals surface area (Å²) in [4.78, 5) is 28.5. The third-order valence-electron chi connectivity index (χ3n) is 4.15. The number of aryl methyl sites for hydroxylation is 1. The van der Waals surface area contributed by atoms with Crippen LogP contribution in [0.5, 0.6) is 11.5 Å². The molecule has 0 aliphatic heterocycles. The van der Waals surface area contributed by atoms with Gasteiger partial charge in [0, 0.05) is 5.56 Å². The Balaban J connectivity index is 1.88. The largest absolute Gasteiger partial charge is 0.493 e. The number of methoxy groups -OCH3 is 2. The SMILES string of the molecule is COc1ccc(-c2nc(C)c(C(=O)NC3(C(=O)O)CC3)s2)cc1OC. The standard InChI is InChI=1S/C17H18N2O5S/c1-9-13(14(20)19-17(6-7-17)16(21)22)25-15(18-9)10-4-5-11(23-2)12(8-10)24-3/h4-5,8H,6-7H2,1-3H3,(H,19,20)(H,21,22). The van der Waals surface area contributed by atoms with Crippen LogP contribution in [-0.4, -0.2) is 41.7 Å². The molecule has 1 aromatic heterocycles. The summed E-state index contributed by atoms with van der Waals surface area (Å²) < 4.78 is 10.5. The summed E-state index contributed by atoms with van der Waals surface area (Å²) in [5, 5.41) is 12.5. The second kappa shape index (κ2) is 6.36. The highest BCUT2D eigenvalue weighted by Gasteiger charge is 2.52. The van der Waals surface area contributed by atoms with Gasteiger partial charge < -0.3 is 19.9 Å².